The molecule has 2 N–H and O–H groups in total. The minimum atomic E-state index is 0.453. The van der Waals surface area contributed by atoms with Crippen molar-refractivity contribution in [3.05, 3.63) is 33.5 Å². The molecule has 0 aliphatic heterocycles. The molecule has 0 atom stereocenters. The normalized spacial score (nSPS) is 14.2. The van der Waals surface area contributed by atoms with Crippen molar-refractivity contribution < 1.29 is 0 Å². The third-order valence-electron chi connectivity index (χ3n) is 3.42. The van der Waals surface area contributed by atoms with E-state index in [0.29, 0.717) is 23.3 Å². The largest absolute Gasteiger partial charge is 0.383 e. The molecule has 0 spiro atoms. The average Bonchev–Trinajstić information content (AvgIpc) is 3.21. The lowest BCUT2D eigenvalue weighted by molar-refractivity contribution is 0.762. The summed E-state index contributed by atoms with van der Waals surface area (Å²) in [4.78, 5) is 4.70. The predicted molar refractivity (Wildman–Crippen MR) is 85.6 cm³/mol. The van der Waals surface area contributed by atoms with Crippen molar-refractivity contribution in [2.24, 2.45) is 0 Å². The van der Waals surface area contributed by atoms with Crippen molar-refractivity contribution >= 4 is 33.3 Å². The SMILES string of the molecule is C#CCn1c(C2CC2)nc(-c2ccc(Br)c(Cl)c2)c1N. The van der Waals surface area contributed by atoms with Crippen LogP contribution in [-0.2, 0) is 6.54 Å². The second-order valence-corrected chi connectivity index (χ2v) is 6.16. The van der Waals surface area contributed by atoms with Crippen LogP contribution in [0.4, 0.5) is 5.82 Å². The van der Waals surface area contributed by atoms with Gasteiger partial charge in [-0.05, 0) is 40.9 Å². The van der Waals surface area contributed by atoms with Crippen LogP contribution in [0.3, 0.4) is 0 Å². The molecule has 1 fully saturated rings. The third kappa shape index (κ3) is 2.32. The molecule has 1 aliphatic rings. The Morgan fingerprint density at radius 2 is 2.25 bits per heavy atom. The first-order chi connectivity index (χ1) is 9.61. The molecule has 2 aromatic rings. The highest BCUT2D eigenvalue weighted by atomic mass is 79.9. The zero-order valence-corrected chi connectivity index (χ0v) is 13.1. The molecular weight excluding hydrogens is 338 g/mol. The molecule has 1 saturated carbocycles. The molecule has 3 nitrogen and oxygen atoms in total. The molecule has 0 saturated heterocycles. The number of nitrogens with zero attached hydrogens (tertiary/aromatic N) is 2. The highest BCUT2D eigenvalue weighted by molar-refractivity contribution is 9.10. The number of benzene rings is 1. The second-order valence-electron chi connectivity index (χ2n) is 4.90. The molecule has 1 heterocycles. The van der Waals surface area contributed by atoms with E-state index in [-0.39, 0.29) is 0 Å². The van der Waals surface area contributed by atoms with Gasteiger partial charge in [0.05, 0.1) is 11.6 Å². The van der Waals surface area contributed by atoms with E-state index in [4.69, 9.17) is 28.7 Å². The standard InChI is InChI=1S/C15H13BrClN3/c1-2-7-20-14(18)13(19-15(20)9-3-4-9)10-5-6-11(16)12(17)8-10/h1,5-6,8-9H,3-4,7,18H2. The molecular formula is C15H13BrClN3. The van der Waals surface area contributed by atoms with E-state index in [1.54, 1.807) is 0 Å². The maximum atomic E-state index is 6.23. The molecule has 1 aromatic heterocycles. The number of aromatic nitrogens is 2. The average molecular weight is 351 g/mol. The van der Waals surface area contributed by atoms with Gasteiger partial charge < -0.3 is 10.3 Å². The molecule has 102 valence electrons. The van der Waals surface area contributed by atoms with Gasteiger partial charge in [-0.1, -0.05) is 23.6 Å². The zero-order valence-electron chi connectivity index (χ0n) is 10.7. The van der Waals surface area contributed by atoms with Gasteiger partial charge in [0.2, 0.25) is 0 Å². The van der Waals surface area contributed by atoms with Gasteiger partial charge >= 0.3 is 0 Å². The summed E-state index contributed by atoms with van der Waals surface area (Å²) in [5.74, 6) is 4.74. The summed E-state index contributed by atoms with van der Waals surface area (Å²) in [6, 6.07) is 5.71. The van der Waals surface area contributed by atoms with E-state index >= 15 is 0 Å². The van der Waals surface area contributed by atoms with E-state index in [1.807, 2.05) is 22.8 Å². The summed E-state index contributed by atoms with van der Waals surface area (Å²) in [6.45, 7) is 0.453. The Labute approximate surface area is 131 Å². The highest BCUT2D eigenvalue weighted by Gasteiger charge is 2.30. The Balaban J connectivity index is 2.11. The predicted octanol–water partition coefficient (Wildman–Crippen LogP) is 4.06. The molecule has 0 bridgehead atoms. The fraction of sp³-hybridized carbons (Fsp3) is 0.267. The quantitative estimate of drug-likeness (QED) is 0.848. The van der Waals surface area contributed by atoms with Crippen LogP contribution >= 0.6 is 27.5 Å². The van der Waals surface area contributed by atoms with E-state index < -0.39 is 0 Å². The van der Waals surface area contributed by atoms with Gasteiger partial charge in [0.1, 0.15) is 17.3 Å². The van der Waals surface area contributed by atoms with Crippen molar-refractivity contribution in [2.75, 3.05) is 5.73 Å². The molecule has 5 heteroatoms. The summed E-state index contributed by atoms with van der Waals surface area (Å²) >= 11 is 9.53. The molecule has 1 aromatic carbocycles. The number of rotatable bonds is 3. The third-order valence-corrected chi connectivity index (χ3v) is 4.65. The number of halogens is 2. The van der Waals surface area contributed by atoms with Crippen LogP contribution in [0.25, 0.3) is 11.3 Å². The summed E-state index contributed by atoms with van der Waals surface area (Å²) < 4.78 is 2.79. The Morgan fingerprint density at radius 1 is 1.50 bits per heavy atom. The van der Waals surface area contributed by atoms with Crippen molar-refractivity contribution in [3.8, 4) is 23.6 Å². The van der Waals surface area contributed by atoms with Crippen LogP contribution in [0.5, 0.6) is 0 Å². The number of anilines is 1. The Bertz CT molecular complexity index is 711. The van der Waals surface area contributed by atoms with Gasteiger partial charge in [-0.3, -0.25) is 0 Å². The van der Waals surface area contributed by atoms with Crippen LogP contribution in [-0.4, -0.2) is 9.55 Å². The fourth-order valence-corrected chi connectivity index (χ4v) is 2.68. The zero-order chi connectivity index (χ0) is 14.3. The Hall–Kier alpha value is -1.44. The van der Waals surface area contributed by atoms with Crippen LogP contribution in [0, 0.1) is 12.3 Å². The van der Waals surface area contributed by atoms with Crippen molar-refractivity contribution in [1.82, 2.24) is 9.55 Å². The molecule has 0 radical (unpaired) electrons. The van der Waals surface area contributed by atoms with Crippen LogP contribution in [0.2, 0.25) is 5.02 Å². The lowest BCUT2D eigenvalue weighted by Gasteiger charge is -2.05. The van der Waals surface area contributed by atoms with Crippen molar-refractivity contribution in [1.29, 1.82) is 0 Å². The monoisotopic (exact) mass is 349 g/mol. The van der Waals surface area contributed by atoms with E-state index in [2.05, 4.69) is 21.9 Å². The Morgan fingerprint density at radius 3 is 2.85 bits per heavy atom. The number of nitrogen functional groups attached to an aromatic ring is 1. The lowest BCUT2D eigenvalue weighted by Crippen LogP contribution is -2.05. The molecule has 1 aliphatic carbocycles. The molecule has 20 heavy (non-hydrogen) atoms. The van der Waals surface area contributed by atoms with Crippen LogP contribution in [0.15, 0.2) is 22.7 Å². The number of hydrogen-bond donors (Lipinski definition) is 1. The number of terminal acetylenes is 1. The molecule has 0 unspecified atom stereocenters. The van der Waals surface area contributed by atoms with E-state index in [9.17, 15) is 0 Å². The first-order valence-corrected chi connectivity index (χ1v) is 7.53. The minimum Gasteiger partial charge on any atom is -0.383 e. The van der Waals surface area contributed by atoms with Crippen LogP contribution in [0.1, 0.15) is 24.6 Å². The summed E-state index contributed by atoms with van der Waals surface area (Å²) in [7, 11) is 0. The number of hydrogen-bond acceptors (Lipinski definition) is 2. The smallest absolute Gasteiger partial charge is 0.132 e. The van der Waals surface area contributed by atoms with Gasteiger partial charge in [-0.15, -0.1) is 6.42 Å². The van der Waals surface area contributed by atoms with Crippen molar-refractivity contribution in [3.63, 3.8) is 0 Å². The summed E-state index contributed by atoms with van der Waals surface area (Å²) in [5.41, 5.74) is 7.90. The second kappa shape index (κ2) is 5.16. The van der Waals surface area contributed by atoms with E-state index in [0.717, 1.165) is 34.4 Å². The lowest BCUT2D eigenvalue weighted by atomic mass is 10.1. The van der Waals surface area contributed by atoms with Crippen molar-refractivity contribution in [2.45, 2.75) is 25.3 Å². The van der Waals surface area contributed by atoms with Gasteiger partial charge in [0.25, 0.3) is 0 Å². The maximum absolute atomic E-state index is 6.23. The topological polar surface area (TPSA) is 43.8 Å². The van der Waals surface area contributed by atoms with Crippen LogP contribution < -0.4 is 5.73 Å². The molecule has 3 rings (SSSR count). The van der Waals surface area contributed by atoms with E-state index in [1.165, 1.54) is 0 Å². The first kappa shape index (κ1) is 13.5. The summed E-state index contributed by atoms with van der Waals surface area (Å²) in [5, 5.41) is 0.640. The first-order valence-electron chi connectivity index (χ1n) is 6.36. The molecule has 0 amide bonds. The maximum Gasteiger partial charge on any atom is 0.132 e. The minimum absolute atomic E-state index is 0.453. The summed E-state index contributed by atoms with van der Waals surface area (Å²) in [6.07, 6.45) is 7.74. The van der Waals surface area contributed by atoms with Gasteiger partial charge in [-0.2, -0.15) is 0 Å². The number of nitrogens with two attached hydrogens (primary N) is 1. The Kier molecular flexibility index (Phi) is 3.49. The van der Waals surface area contributed by atoms with Gasteiger partial charge in [0.15, 0.2) is 0 Å². The number of imidazole rings is 1. The highest BCUT2D eigenvalue weighted by Crippen LogP contribution is 2.42. The van der Waals surface area contributed by atoms with Gasteiger partial charge in [0, 0.05) is 16.0 Å². The van der Waals surface area contributed by atoms with Gasteiger partial charge in [-0.25, -0.2) is 4.98 Å². The fourth-order valence-electron chi connectivity index (χ4n) is 2.25.